The lowest BCUT2D eigenvalue weighted by molar-refractivity contribution is 0.0710. The Morgan fingerprint density at radius 3 is 2.88 bits per heavy atom. The van der Waals surface area contributed by atoms with Crippen molar-refractivity contribution < 1.29 is 13.6 Å². The zero-order valence-electron chi connectivity index (χ0n) is 19.2. The van der Waals surface area contributed by atoms with Crippen LogP contribution < -0.4 is 10.2 Å². The summed E-state index contributed by atoms with van der Waals surface area (Å²) >= 11 is 0. The Bertz CT molecular complexity index is 1280. The fraction of sp³-hybridized carbons (Fsp3) is 0.500. The van der Waals surface area contributed by atoms with Gasteiger partial charge in [0.15, 0.2) is 0 Å². The molecule has 34 heavy (non-hydrogen) atoms. The smallest absolute Gasteiger partial charge is 0.256 e. The van der Waals surface area contributed by atoms with E-state index in [2.05, 4.69) is 25.6 Å². The Balaban J connectivity index is 1.10. The van der Waals surface area contributed by atoms with Gasteiger partial charge in [0, 0.05) is 37.1 Å². The molecular weight excluding hydrogens is 440 g/mol. The lowest BCUT2D eigenvalue weighted by atomic mass is 10.1. The van der Waals surface area contributed by atoms with Crippen molar-refractivity contribution in [2.75, 3.05) is 18.0 Å². The molecule has 1 saturated carbocycles. The minimum absolute atomic E-state index is 0.00791. The topological polar surface area (TPSA) is 91.7 Å². The summed E-state index contributed by atoms with van der Waals surface area (Å²) in [6, 6.07) is 3.77. The Kier molecular flexibility index (Phi) is 4.59. The van der Waals surface area contributed by atoms with Crippen LogP contribution in [0.3, 0.4) is 0 Å². The van der Waals surface area contributed by atoms with Crippen molar-refractivity contribution in [1.82, 2.24) is 30.3 Å². The van der Waals surface area contributed by atoms with E-state index in [1.165, 1.54) is 5.56 Å². The van der Waals surface area contributed by atoms with Gasteiger partial charge in [0.2, 0.25) is 0 Å². The number of aromatic amines is 1. The molecule has 1 aliphatic heterocycles. The van der Waals surface area contributed by atoms with Crippen molar-refractivity contribution in [2.24, 2.45) is 5.41 Å². The van der Waals surface area contributed by atoms with E-state index in [1.807, 2.05) is 30.9 Å². The summed E-state index contributed by atoms with van der Waals surface area (Å²) in [5, 5.41) is 14.7. The summed E-state index contributed by atoms with van der Waals surface area (Å²) in [5.41, 5.74) is 4.63. The number of amides is 1. The van der Waals surface area contributed by atoms with Gasteiger partial charge in [0.1, 0.15) is 5.82 Å². The van der Waals surface area contributed by atoms with Gasteiger partial charge in [-0.3, -0.25) is 14.6 Å². The van der Waals surface area contributed by atoms with Gasteiger partial charge in [-0.2, -0.15) is 10.2 Å². The highest BCUT2D eigenvalue weighted by molar-refractivity contribution is 5.94. The fourth-order valence-electron chi connectivity index (χ4n) is 5.44. The highest BCUT2D eigenvalue weighted by Gasteiger charge is 2.72. The average Bonchev–Trinajstić information content (AvgIpc) is 3.40. The van der Waals surface area contributed by atoms with E-state index in [0.717, 1.165) is 41.3 Å². The van der Waals surface area contributed by atoms with Crippen LogP contribution in [0.2, 0.25) is 0 Å². The van der Waals surface area contributed by atoms with E-state index < -0.39 is 11.3 Å². The van der Waals surface area contributed by atoms with Crippen LogP contribution in [0, 0.1) is 19.3 Å². The minimum Gasteiger partial charge on any atom is -0.356 e. The maximum absolute atomic E-state index is 13.7. The van der Waals surface area contributed by atoms with Crippen LogP contribution in [-0.4, -0.2) is 49.9 Å². The van der Waals surface area contributed by atoms with E-state index in [9.17, 15) is 13.6 Å². The molecule has 2 fully saturated rings. The van der Waals surface area contributed by atoms with E-state index in [0.29, 0.717) is 31.6 Å². The Hall–Kier alpha value is -3.30. The summed E-state index contributed by atoms with van der Waals surface area (Å²) in [7, 11) is 0. The molecule has 6 rings (SSSR count). The second-order valence-corrected chi connectivity index (χ2v) is 9.95. The molecule has 8 nitrogen and oxygen atoms in total. The molecule has 10 heteroatoms. The second kappa shape index (κ2) is 7.35. The molecule has 2 atom stereocenters. The number of H-pyrrole nitrogens is 1. The predicted octanol–water partition coefficient (Wildman–Crippen LogP) is 3.32. The van der Waals surface area contributed by atoms with E-state index in [4.69, 9.17) is 0 Å². The summed E-state index contributed by atoms with van der Waals surface area (Å²) in [5.74, 6) is -1.96. The predicted molar refractivity (Wildman–Crippen MR) is 121 cm³/mol. The zero-order valence-corrected chi connectivity index (χ0v) is 19.2. The molecule has 1 spiro atoms. The Labute approximate surface area is 195 Å². The standard InChI is InChI=1S/C24H27F2N7O/c1-14-16(3-6-20(28-14)32-8-7-23(13-32)12-24(23,25)26)10-33-11-17(9-27-33)22(34)29-19-5-4-18-15(2)30-31-21(18)19/h3,6,9,11,19H,4-5,7-8,10,12-13H2,1-2H3,(H,29,34)(H,30,31)/t19-,23?/m1/s1. The number of pyridine rings is 1. The molecule has 1 amide bonds. The number of carbonyl (C=O) groups excluding carboxylic acids is 1. The van der Waals surface area contributed by atoms with Crippen LogP contribution in [0.4, 0.5) is 14.6 Å². The van der Waals surface area contributed by atoms with Gasteiger partial charge in [-0.25, -0.2) is 13.8 Å². The van der Waals surface area contributed by atoms with Gasteiger partial charge < -0.3 is 10.2 Å². The van der Waals surface area contributed by atoms with Gasteiger partial charge in [-0.1, -0.05) is 6.07 Å². The molecular formula is C24H27F2N7O. The molecule has 1 saturated heterocycles. The van der Waals surface area contributed by atoms with Gasteiger partial charge >= 0.3 is 0 Å². The number of anilines is 1. The van der Waals surface area contributed by atoms with Crippen molar-refractivity contribution in [3.63, 3.8) is 0 Å². The fourth-order valence-corrected chi connectivity index (χ4v) is 5.44. The highest BCUT2D eigenvalue weighted by Crippen LogP contribution is 2.65. The number of aryl methyl sites for hydroxylation is 2. The van der Waals surface area contributed by atoms with Gasteiger partial charge in [-0.15, -0.1) is 0 Å². The lowest BCUT2D eigenvalue weighted by Crippen LogP contribution is -2.27. The zero-order chi connectivity index (χ0) is 23.7. The molecule has 1 unspecified atom stereocenters. The summed E-state index contributed by atoms with van der Waals surface area (Å²) in [4.78, 5) is 19.4. The number of carbonyl (C=O) groups is 1. The van der Waals surface area contributed by atoms with Crippen LogP contribution in [0.15, 0.2) is 24.5 Å². The first-order valence-electron chi connectivity index (χ1n) is 11.7. The van der Waals surface area contributed by atoms with Crippen molar-refractivity contribution in [3.05, 3.63) is 58.3 Å². The largest absolute Gasteiger partial charge is 0.356 e. The van der Waals surface area contributed by atoms with Gasteiger partial charge in [-0.05, 0) is 50.3 Å². The summed E-state index contributed by atoms with van der Waals surface area (Å²) in [6.07, 6.45) is 5.56. The first-order valence-corrected chi connectivity index (χ1v) is 11.7. The molecule has 3 aromatic heterocycles. The highest BCUT2D eigenvalue weighted by atomic mass is 19.3. The van der Waals surface area contributed by atoms with Crippen LogP contribution in [0.25, 0.3) is 0 Å². The monoisotopic (exact) mass is 467 g/mol. The molecule has 4 heterocycles. The number of nitrogens with one attached hydrogen (secondary N) is 2. The van der Waals surface area contributed by atoms with Crippen molar-refractivity contribution in [1.29, 1.82) is 0 Å². The number of aromatic nitrogens is 5. The average molecular weight is 468 g/mol. The van der Waals surface area contributed by atoms with Gasteiger partial charge in [0.05, 0.1) is 35.5 Å². The number of nitrogens with zero attached hydrogens (tertiary/aromatic N) is 5. The summed E-state index contributed by atoms with van der Waals surface area (Å²) < 4.78 is 29.1. The molecule has 3 aliphatic rings. The SMILES string of the molecule is Cc1nc(N2CCC3(C2)CC3(F)F)ccc1Cn1cc(C(=O)N[C@@H]2CCc3c2n[nH]c3C)cn1. The number of hydrogen-bond donors (Lipinski definition) is 2. The maximum atomic E-state index is 13.7. The molecule has 0 bridgehead atoms. The van der Waals surface area contributed by atoms with Crippen molar-refractivity contribution >= 4 is 11.7 Å². The van der Waals surface area contributed by atoms with E-state index >= 15 is 0 Å². The lowest BCUT2D eigenvalue weighted by Gasteiger charge is -2.19. The van der Waals surface area contributed by atoms with Crippen LogP contribution >= 0.6 is 0 Å². The van der Waals surface area contributed by atoms with Gasteiger partial charge in [0.25, 0.3) is 11.8 Å². The summed E-state index contributed by atoms with van der Waals surface area (Å²) in [6.45, 7) is 5.36. The van der Waals surface area contributed by atoms with Crippen molar-refractivity contribution in [3.8, 4) is 0 Å². The Morgan fingerprint density at radius 1 is 1.32 bits per heavy atom. The number of halogens is 2. The van der Waals surface area contributed by atoms with Crippen LogP contribution in [-0.2, 0) is 13.0 Å². The first kappa shape index (κ1) is 21.2. The number of rotatable bonds is 5. The number of alkyl halides is 2. The third-order valence-electron chi connectivity index (χ3n) is 7.72. The normalized spacial score (nSPS) is 24.6. The number of hydrogen-bond acceptors (Lipinski definition) is 5. The molecule has 0 radical (unpaired) electrons. The van der Waals surface area contributed by atoms with E-state index in [1.54, 1.807) is 17.1 Å². The third kappa shape index (κ3) is 3.38. The first-order chi connectivity index (χ1) is 16.2. The maximum Gasteiger partial charge on any atom is 0.256 e. The molecule has 3 aromatic rings. The third-order valence-corrected chi connectivity index (χ3v) is 7.72. The molecule has 178 valence electrons. The second-order valence-electron chi connectivity index (χ2n) is 9.95. The van der Waals surface area contributed by atoms with E-state index in [-0.39, 0.29) is 18.4 Å². The van der Waals surface area contributed by atoms with Crippen LogP contribution in [0.1, 0.15) is 63.9 Å². The van der Waals surface area contributed by atoms with Crippen molar-refractivity contribution in [2.45, 2.75) is 58.0 Å². The molecule has 2 N–H and O–H groups in total. The number of fused-ring (bicyclic) bond motifs is 1. The minimum atomic E-state index is -2.53. The Morgan fingerprint density at radius 2 is 2.15 bits per heavy atom. The quantitative estimate of drug-likeness (QED) is 0.601. The molecule has 2 aliphatic carbocycles. The van der Waals surface area contributed by atoms with Crippen LogP contribution in [0.5, 0.6) is 0 Å². The molecule has 0 aromatic carbocycles.